The van der Waals surface area contributed by atoms with Crippen molar-refractivity contribution in [1.82, 2.24) is 0 Å². The quantitative estimate of drug-likeness (QED) is 0.165. The van der Waals surface area contributed by atoms with E-state index in [1.165, 1.54) is 140 Å². The molecule has 3 heterocycles. The van der Waals surface area contributed by atoms with Crippen molar-refractivity contribution < 1.29 is 4.42 Å². The van der Waals surface area contributed by atoms with Gasteiger partial charge in [0.1, 0.15) is 5.58 Å². The lowest BCUT2D eigenvalue weighted by Gasteiger charge is -2.52. The van der Waals surface area contributed by atoms with Gasteiger partial charge in [-0.2, -0.15) is 0 Å². The molecule has 356 valence electrons. The number of hydrogen-bond donors (Lipinski definition) is 0. The summed E-state index contributed by atoms with van der Waals surface area (Å²) in [5, 5.41) is 1.28. The number of anilines is 6. The Morgan fingerprint density at radius 1 is 0.443 bits per heavy atom. The molecule has 5 aliphatic carbocycles. The van der Waals surface area contributed by atoms with E-state index in [0.717, 1.165) is 17.2 Å². The molecule has 0 spiro atoms. The molecule has 70 heavy (non-hydrogen) atoms. The van der Waals surface area contributed by atoms with Gasteiger partial charge in [-0.3, -0.25) is 4.90 Å². The molecular weight excluding hydrogens is 848 g/mol. The monoisotopic (exact) mass is 921 g/mol. The lowest BCUT2D eigenvalue weighted by Crippen LogP contribution is -2.61. The SMILES string of the molecule is CC(C)(C)c1ccc(N2c3cc(-c4ccccc4)cc4c3B(c3cc5c(cc3N4c3ccc4c(c3)C(C)(C)CCC4(C)C)C(C)(C)CCC5(C)C)c3c2oc2cc4c(cc32)C2(C)CCC4(C)CC2)cc1. The molecule has 1 aromatic heterocycles. The summed E-state index contributed by atoms with van der Waals surface area (Å²) in [7, 11) is 0. The summed E-state index contributed by atoms with van der Waals surface area (Å²) in [5.74, 6) is 0.964. The van der Waals surface area contributed by atoms with E-state index in [0.29, 0.717) is 0 Å². The molecule has 0 radical (unpaired) electrons. The first-order valence-electron chi connectivity index (χ1n) is 26.9. The molecule has 0 saturated heterocycles. The van der Waals surface area contributed by atoms with Crippen LogP contribution in [0.1, 0.15) is 180 Å². The molecule has 2 aliphatic heterocycles. The molecule has 1 saturated carbocycles. The van der Waals surface area contributed by atoms with Gasteiger partial charge >= 0.3 is 0 Å². The number of hydrogen-bond acceptors (Lipinski definition) is 3. The molecular formula is C66H73BN2O. The lowest BCUT2D eigenvalue weighted by molar-refractivity contribution is 0.188. The lowest BCUT2D eigenvalue weighted by atomic mass is 9.33. The fourth-order valence-corrected chi connectivity index (χ4v) is 14.7. The topological polar surface area (TPSA) is 19.6 Å². The van der Waals surface area contributed by atoms with Crippen molar-refractivity contribution in [3.05, 3.63) is 148 Å². The normalized spacial score (nSPS) is 23.8. The molecule has 0 atom stereocenters. The average Bonchev–Trinajstić information content (AvgIpc) is 3.70. The van der Waals surface area contributed by atoms with Crippen LogP contribution in [0, 0.1) is 0 Å². The van der Waals surface area contributed by atoms with Gasteiger partial charge in [-0.1, -0.05) is 145 Å². The largest absolute Gasteiger partial charge is 0.440 e. The van der Waals surface area contributed by atoms with Crippen molar-refractivity contribution in [1.29, 1.82) is 0 Å². The Hall–Kier alpha value is -5.48. The summed E-state index contributed by atoms with van der Waals surface area (Å²) in [6.07, 6.45) is 9.68. The van der Waals surface area contributed by atoms with Gasteiger partial charge in [-0.05, 0) is 205 Å². The number of nitrogens with zero attached hydrogens (tertiary/aromatic N) is 2. The molecule has 7 aliphatic rings. The summed E-state index contributed by atoms with van der Waals surface area (Å²) in [4.78, 5) is 5.23. The maximum Gasteiger partial charge on any atom is 0.257 e. The third-order valence-corrected chi connectivity index (χ3v) is 19.7. The summed E-state index contributed by atoms with van der Waals surface area (Å²) < 4.78 is 7.64. The van der Waals surface area contributed by atoms with Crippen molar-refractivity contribution in [3.8, 4) is 11.1 Å². The highest BCUT2D eigenvalue weighted by molar-refractivity contribution is 7.01. The van der Waals surface area contributed by atoms with E-state index in [9.17, 15) is 0 Å². The van der Waals surface area contributed by atoms with Crippen molar-refractivity contribution in [3.63, 3.8) is 0 Å². The fraction of sp³-hybridized carbons (Fsp3) is 0.424. The molecule has 4 heteroatoms. The molecule has 3 nitrogen and oxygen atoms in total. The third-order valence-electron chi connectivity index (χ3n) is 19.7. The van der Waals surface area contributed by atoms with Gasteiger partial charge in [0.25, 0.3) is 6.71 Å². The van der Waals surface area contributed by atoms with Crippen LogP contribution < -0.4 is 26.2 Å². The minimum atomic E-state index is -0.0521. The van der Waals surface area contributed by atoms with Gasteiger partial charge in [0.05, 0.1) is 0 Å². The highest BCUT2D eigenvalue weighted by Gasteiger charge is 2.52. The molecule has 2 bridgehead atoms. The minimum absolute atomic E-state index is 0.0252. The average molecular weight is 921 g/mol. The van der Waals surface area contributed by atoms with E-state index in [-0.39, 0.29) is 44.6 Å². The summed E-state index contributed by atoms with van der Waals surface area (Å²) in [5.41, 5.74) is 24.7. The highest BCUT2D eigenvalue weighted by Crippen LogP contribution is 2.59. The third kappa shape index (κ3) is 6.19. The van der Waals surface area contributed by atoms with Gasteiger partial charge < -0.3 is 9.32 Å². The van der Waals surface area contributed by atoms with Crippen LogP contribution >= 0.6 is 0 Å². The van der Waals surface area contributed by atoms with Crippen molar-refractivity contribution >= 4 is 68.4 Å². The Labute approximate surface area is 419 Å². The van der Waals surface area contributed by atoms with Crippen molar-refractivity contribution in [2.24, 2.45) is 0 Å². The van der Waals surface area contributed by atoms with Crippen LogP contribution in [-0.4, -0.2) is 6.71 Å². The zero-order valence-electron chi connectivity index (χ0n) is 44.4. The summed E-state index contributed by atoms with van der Waals surface area (Å²) in [6.45, 7) is 31.8. The Kier molecular flexibility index (Phi) is 8.98. The molecule has 6 aromatic carbocycles. The van der Waals surface area contributed by atoms with Gasteiger partial charge in [0.2, 0.25) is 5.88 Å². The first-order valence-corrected chi connectivity index (χ1v) is 26.9. The summed E-state index contributed by atoms with van der Waals surface area (Å²) >= 11 is 0. The van der Waals surface area contributed by atoms with E-state index < -0.39 is 0 Å². The minimum Gasteiger partial charge on any atom is -0.440 e. The fourth-order valence-electron chi connectivity index (χ4n) is 14.7. The number of furan rings is 1. The molecule has 0 amide bonds. The Bertz CT molecular complexity index is 3350. The maximum atomic E-state index is 7.64. The molecule has 1 fully saturated rings. The van der Waals surface area contributed by atoms with Crippen LogP contribution in [0.5, 0.6) is 0 Å². The molecule has 0 unspecified atom stereocenters. The van der Waals surface area contributed by atoms with Crippen LogP contribution in [-0.2, 0) is 37.9 Å². The van der Waals surface area contributed by atoms with E-state index in [4.69, 9.17) is 4.42 Å². The second kappa shape index (κ2) is 14.1. The van der Waals surface area contributed by atoms with Crippen molar-refractivity contribution in [2.45, 2.75) is 179 Å². The Morgan fingerprint density at radius 2 is 0.971 bits per heavy atom. The van der Waals surface area contributed by atoms with Gasteiger partial charge in [-0.15, -0.1) is 0 Å². The van der Waals surface area contributed by atoms with E-state index in [2.05, 4.69) is 209 Å². The van der Waals surface area contributed by atoms with E-state index in [1.54, 1.807) is 5.56 Å². The van der Waals surface area contributed by atoms with Crippen LogP contribution in [0.4, 0.5) is 34.3 Å². The smallest absolute Gasteiger partial charge is 0.257 e. The second-order valence-electron chi connectivity index (χ2n) is 27.3. The van der Waals surface area contributed by atoms with Crippen molar-refractivity contribution in [2.75, 3.05) is 9.80 Å². The van der Waals surface area contributed by atoms with E-state index in [1.807, 2.05) is 0 Å². The van der Waals surface area contributed by atoms with Crippen LogP contribution in [0.15, 0.2) is 114 Å². The second-order valence-corrected chi connectivity index (χ2v) is 27.3. The first-order chi connectivity index (χ1) is 33.0. The Morgan fingerprint density at radius 3 is 1.57 bits per heavy atom. The number of rotatable bonds is 3. The molecule has 0 N–H and O–H groups in total. The Balaban J connectivity index is 1.18. The maximum absolute atomic E-state index is 7.64. The van der Waals surface area contributed by atoms with Crippen LogP contribution in [0.25, 0.3) is 22.1 Å². The first kappa shape index (κ1) is 44.5. The predicted octanol–water partition coefficient (Wildman–Crippen LogP) is 16.3. The zero-order valence-corrected chi connectivity index (χ0v) is 44.4. The summed E-state index contributed by atoms with van der Waals surface area (Å²) in [6, 6.07) is 43.6. The van der Waals surface area contributed by atoms with Crippen LogP contribution in [0.3, 0.4) is 0 Å². The van der Waals surface area contributed by atoms with Crippen LogP contribution in [0.2, 0.25) is 0 Å². The predicted molar refractivity (Wildman–Crippen MR) is 298 cm³/mol. The standard InChI is InChI=1S/C66H73BN2O/c1-60(2,3)42-19-21-43(22-20-42)69-55-34-41(40-17-15-14-16-18-40)33-54-58(55)67(57-45-36-50-51(39-56(45)70-59(57)69)66(13)31-29-65(50,12)30-32-66)52-37-48-49(64(10,11)28-27-63(48,8)9)38-53(52)68(54)44-23-24-46-47(35-44)62(6,7)26-25-61(46,4)5/h14-24,33-39H,25-32H2,1-13H3. The number of benzene rings is 6. The molecule has 14 rings (SSSR count). The highest BCUT2D eigenvalue weighted by atomic mass is 16.4. The molecule has 7 aromatic rings. The zero-order chi connectivity index (χ0) is 48.9. The van der Waals surface area contributed by atoms with E-state index >= 15 is 0 Å². The van der Waals surface area contributed by atoms with Gasteiger partial charge in [-0.25, -0.2) is 0 Å². The number of fused-ring (bicyclic) bond motifs is 10. The van der Waals surface area contributed by atoms with Gasteiger partial charge in [0, 0.05) is 39.3 Å². The van der Waals surface area contributed by atoms with Gasteiger partial charge in [0.15, 0.2) is 0 Å².